The van der Waals surface area contributed by atoms with E-state index >= 15 is 0 Å². The molecule has 1 heterocycles. The van der Waals surface area contributed by atoms with Crippen molar-refractivity contribution in [2.45, 2.75) is 32.1 Å². The van der Waals surface area contributed by atoms with E-state index < -0.39 is 0 Å². The number of hydrogen-bond acceptors (Lipinski definition) is 4. The van der Waals surface area contributed by atoms with Crippen LogP contribution in [-0.4, -0.2) is 31.6 Å². The lowest BCUT2D eigenvalue weighted by Crippen LogP contribution is -2.21. The molecule has 27 heavy (non-hydrogen) atoms. The van der Waals surface area contributed by atoms with E-state index in [0.29, 0.717) is 5.69 Å². The van der Waals surface area contributed by atoms with Crippen LogP contribution in [0.5, 0.6) is 0 Å². The van der Waals surface area contributed by atoms with E-state index in [1.54, 1.807) is 0 Å². The molecule has 1 aliphatic heterocycles. The molecule has 0 aliphatic carbocycles. The summed E-state index contributed by atoms with van der Waals surface area (Å²) < 4.78 is 5.11. The van der Waals surface area contributed by atoms with Gasteiger partial charge in [-0.2, -0.15) is 0 Å². The average molecular weight is 366 g/mol. The summed E-state index contributed by atoms with van der Waals surface area (Å²) in [4.78, 5) is 26.3. The minimum Gasteiger partial charge on any atom is -0.456 e. The first-order valence-corrected chi connectivity index (χ1v) is 9.47. The number of nitrogens with zero attached hydrogens (tertiary/aromatic N) is 1. The standard InChI is InChI=1S/C22H26N2O3/c1-17(18-7-3-2-4-8-18)15-22(26)27-16-21(25)23-19-9-11-20(12-10-19)24-13-5-6-14-24/h2-4,7-12,17H,5-6,13-16H2,1H3,(H,23,25)/t17-/m1/s1. The fourth-order valence-electron chi connectivity index (χ4n) is 3.28. The van der Waals surface area contributed by atoms with Gasteiger partial charge in [-0.05, 0) is 48.6 Å². The number of amides is 1. The normalized spacial score (nSPS) is 14.6. The lowest BCUT2D eigenvalue weighted by atomic mass is 9.98. The monoisotopic (exact) mass is 366 g/mol. The van der Waals surface area contributed by atoms with Crippen LogP contribution < -0.4 is 10.2 Å². The van der Waals surface area contributed by atoms with Gasteiger partial charge in [0.15, 0.2) is 6.61 Å². The molecule has 0 unspecified atom stereocenters. The summed E-state index contributed by atoms with van der Waals surface area (Å²) in [6.07, 6.45) is 2.71. The summed E-state index contributed by atoms with van der Waals surface area (Å²) in [5.41, 5.74) is 2.96. The Hall–Kier alpha value is -2.82. The average Bonchev–Trinajstić information content (AvgIpc) is 3.22. The highest BCUT2D eigenvalue weighted by Crippen LogP contribution is 2.22. The van der Waals surface area contributed by atoms with Crippen molar-refractivity contribution >= 4 is 23.3 Å². The molecule has 0 bridgehead atoms. The molecule has 1 aliphatic rings. The van der Waals surface area contributed by atoms with Crippen molar-refractivity contribution in [2.75, 3.05) is 29.9 Å². The summed E-state index contributed by atoms with van der Waals surface area (Å²) in [6.45, 7) is 3.87. The molecular weight excluding hydrogens is 340 g/mol. The predicted octanol–water partition coefficient (Wildman–Crippen LogP) is 3.96. The van der Waals surface area contributed by atoms with E-state index in [2.05, 4.69) is 10.2 Å². The van der Waals surface area contributed by atoms with E-state index in [9.17, 15) is 9.59 Å². The van der Waals surface area contributed by atoms with Crippen LogP contribution >= 0.6 is 0 Å². The van der Waals surface area contributed by atoms with Gasteiger partial charge < -0.3 is 15.0 Å². The number of carbonyl (C=O) groups excluding carboxylic acids is 2. The number of anilines is 2. The van der Waals surface area contributed by atoms with Crippen LogP contribution in [0.15, 0.2) is 54.6 Å². The molecular formula is C22H26N2O3. The Balaban J connectivity index is 1.41. The summed E-state index contributed by atoms with van der Waals surface area (Å²) in [7, 11) is 0. The van der Waals surface area contributed by atoms with E-state index in [4.69, 9.17) is 4.74 Å². The fraction of sp³-hybridized carbons (Fsp3) is 0.364. The van der Waals surface area contributed by atoms with Gasteiger partial charge in [0.1, 0.15) is 0 Å². The quantitative estimate of drug-likeness (QED) is 0.754. The first-order chi connectivity index (χ1) is 13.1. The van der Waals surface area contributed by atoms with Crippen molar-refractivity contribution in [1.82, 2.24) is 0 Å². The van der Waals surface area contributed by atoms with Gasteiger partial charge in [-0.15, -0.1) is 0 Å². The van der Waals surface area contributed by atoms with Crippen LogP contribution in [0.3, 0.4) is 0 Å². The zero-order valence-electron chi connectivity index (χ0n) is 15.7. The van der Waals surface area contributed by atoms with Crippen molar-refractivity contribution in [3.63, 3.8) is 0 Å². The van der Waals surface area contributed by atoms with Gasteiger partial charge in [-0.25, -0.2) is 0 Å². The predicted molar refractivity (Wildman–Crippen MR) is 107 cm³/mol. The largest absolute Gasteiger partial charge is 0.456 e. The third kappa shape index (κ3) is 5.58. The summed E-state index contributed by atoms with van der Waals surface area (Å²) >= 11 is 0. The first kappa shape index (κ1) is 19.0. The molecule has 1 N–H and O–H groups in total. The highest BCUT2D eigenvalue weighted by molar-refractivity contribution is 5.93. The molecule has 0 saturated carbocycles. The molecule has 0 aromatic heterocycles. The van der Waals surface area contributed by atoms with E-state index in [0.717, 1.165) is 18.7 Å². The molecule has 5 nitrogen and oxygen atoms in total. The van der Waals surface area contributed by atoms with Gasteiger partial charge in [0.05, 0.1) is 6.42 Å². The fourth-order valence-corrected chi connectivity index (χ4v) is 3.28. The number of ether oxygens (including phenoxy) is 1. The highest BCUT2D eigenvalue weighted by atomic mass is 16.5. The van der Waals surface area contributed by atoms with Crippen LogP contribution in [0.1, 0.15) is 37.7 Å². The topological polar surface area (TPSA) is 58.6 Å². The van der Waals surface area contributed by atoms with Crippen LogP contribution in [0.2, 0.25) is 0 Å². The first-order valence-electron chi connectivity index (χ1n) is 9.47. The maximum atomic E-state index is 12.0. The third-order valence-electron chi connectivity index (χ3n) is 4.83. The van der Waals surface area contributed by atoms with Gasteiger partial charge >= 0.3 is 5.97 Å². The summed E-state index contributed by atoms with van der Waals surface area (Å²) in [5.74, 6) is -0.643. The smallest absolute Gasteiger partial charge is 0.306 e. The third-order valence-corrected chi connectivity index (χ3v) is 4.83. The molecule has 1 amide bonds. The number of nitrogens with one attached hydrogen (secondary N) is 1. The Labute approximate surface area is 160 Å². The van der Waals surface area contributed by atoms with Gasteiger partial charge in [0.2, 0.25) is 0 Å². The molecule has 1 saturated heterocycles. The second-order valence-electron chi connectivity index (χ2n) is 6.97. The van der Waals surface area contributed by atoms with Crippen molar-refractivity contribution in [2.24, 2.45) is 0 Å². The van der Waals surface area contributed by atoms with Crippen molar-refractivity contribution in [3.05, 3.63) is 60.2 Å². The molecule has 0 radical (unpaired) electrons. The van der Waals surface area contributed by atoms with Crippen LogP contribution in [-0.2, 0) is 14.3 Å². The Kier molecular flexibility index (Phi) is 6.47. The lowest BCUT2D eigenvalue weighted by Gasteiger charge is -2.17. The zero-order chi connectivity index (χ0) is 19.1. The maximum absolute atomic E-state index is 12.0. The van der Waals surface area contributed by atoms with Gasteiger partial charge in [-0.1, -0.05) is 37.3 Å². The highest BCUT2D eigenvalue weighted by Gasteiger charge is 2.14. The van der Waals surface area contributed by atoms with Crippen molar-refractivity contribution in [3.8, 4) is 0 Å². The second-order valence-corrected chi connectivity index (χ2v) is 6.97. The molecule has 0 spiro atoms. The van der Waals surface area contributed by atoms with E-state index in [-0.39, 0.29) is 30.8 Å². The molecule has 1 atom stereocenters. The van der Waals surface area contributed by atoms with Crippen LogP contribution in [0, 0.1) is 0 Å². The minimum absolute atomic E-state index is 0.0555. The second kappa shape index (κ2) is 9.21. The zero-order valence-corrected chi connectivity index (χ0v) is 15.7. The molecule has 2 aromatic rings. The molecule has 1 fully saturated rings. The summed E-state index contributed by atoms with van der Waals surface area (Å²) in [5, 5.41) is 2.77. The molecule has 142 valence electrons. The van der Waals surface area contributed by atoms with Crippen LogP contribution in [0.25, 0.3) is 0 Å². The number of hydrogen-bond donors (Lipinski definition) is 1. The van der Waals surface area contributed by atoms with Gasteiger partial charge in [-0.3, -0.25) is 9.59 Å². The van der Waals surface area contributed by atoms with Crippen molar-refractivity contribution in [1.29, 1.82) is 0 Å². The molecule has 2 aromatic carbocycles. The lowest BCUT2D eigenvalue weighted by molar-refractivity contribution is -0.147. The molecule has 5 heteroatoms. The Morgan fingerprint density at radius 3 is 2.37 bits per heavy atom. The van der Waals surface area contributed by atoms with Gasteiger partial charge in [0, 0.05) is 24.5 Å². The number of carbonyl (C=O) groups is 2. The Morgan fingerprint density at radius 1 is 1.04 bits per heavy atom. The SMILES string of the molecule is C[C@H](CC(=O)OCC(=O)Nc1ccc(N2CCCC2)cc1)c1ccccc1. The Bertz CT molecular complexity index is 753. The molecule has 3 rings (SSSR count). The van der Waals surface area contributed by atoms with Crippen molar-refractivity contribution < 1.29 is 14.3 Å². The number of benzene rings is 2. The maximum Gasteiger partial charge on any atom is 0.306 e. The number of esters is 1. The van der Waals surface area contributed by atoms with Gasteiger partial charge in [0.25, 0.3) is 5.91 Å². The van der Waals surface area contributed by atoms with Crippen LogP contribution in [0.4, 0.5) is 11.4 Å². The summed E-state index contributed by atoms with van der Waals surface area (Å²) in [6, 6.07) is 17.6. The van der Waals surface area contributed by atoms with E-state index in [1.165, 1.54) is 18.5 Å². The minimum atomic E-state index is -0.370. The van der Waals surface area contributed by atoms with E-state index in [1.807, 2.05) is 61.5 Å². The Morgan fingerprint density at radius 2 is 1.70 bits per heavy atom. The number of rotatable bonds is 7.